The average molecular weight is 487 g/mol. The van der Waals surface area contributed by atoms with Crippen LogP contribution in [-0.4, -0.2) is 33.6 Å². The fourth-order valence-corrected chi connectivity index (χ4v) is 3.98. The van der Waals surface area contributed by atoms with E-state index in [1.165, 1.54) is 12.1 Å². The molecule has 1 heterocycles. The number of carboxylic acids is 1. The van der Waals surface area contributed by atoms with E-state index in [-0.39, 0.29) is 6.42 Å². The monoisotopic (exact) mass is 486 g/mol. The number of benzene rings is 3. The van der Waals surface area contributed by atoms with Crippen molar-refractivity contribution in [3.8, 4) is 11.1 Å². The molecule has 3 aromatic carbocycles. The van der Waals surface area contributed by atoms with E-state index in [0.717, 1.165) is 23.3 Å². The summed E-state index contributed by atoms with van der Waals surface area (Å²) in [6.07, 6.45) is -1.59. The van der Waals surface area contributed by atoms with Gasteiger partial charge in [0.2, 0.25) is 0 Å². The van der Waals surface area contributed by atoms with Crippen molar-refractivity contribution in [2.45, 2.75) is 24.8 Å². The van der Waals surface area contributed by atoms with Gasteiger partial charge in [-0.2, -0.15) is 13.9 Å². The molecule has 0 aliphatic carbocycles. The SMILES string of the molecule is O=C(O)CC(F)(F)C(=O)N1N=C(c2ccccc2-c2ccc(Cl)cc2)CC1c1ccc(F)cc1. The Kier molecular flexibility index (Phi) is 6.43. The number of nitrogens with zero attached hydrogens (tertiary/aromatic N) is 2. The molecule has 1 unspecified atom stereocenters. The van der Waals surface area contributed by atoms with E-state index in [4.69, 9.17) is 16.7 Å². The summed E-state index contributed by atoms with van der Waals surface area (Å²) in [7, 11) is 0. The number of hydrogen-bond donors (Lipinski definition) is 1. The zero-order valence-corrected chi connectivity index (χ0v) is 18.3. The third kappa shape index (κ3) is 4.82. The van der Waals surface area contributed by atoms with Crippen LogP contribution in [-0.2, 0) is 9.59 Å². The second kappa shape index (κ2) is 9.30. The van der Waals surface area contributed by atoms with Gasteiger partial charge in [-0.15, -0.1) is 0 Å². The molecule has 0 fully saturated rings. The lowest BCUT2D eigenvalue weighted by molar-refractivity contribution is -0.167. The van der Waals surface area contributed by atoms with Crippen LogP contribution in [0.2, 0.25) is 5.02 Å². The van der Waals surface area contributed by atoms with Crippen LogP contribution < -0.4 is 0 Å². The molecule has 0 saturated heterocycles. The van der Waals surface area contributed by atoms with Crippen molar-refractivity contribution in [3.05, 3.63) is 94.8 Å². The first-order chi connectivity index (χ1) is 16.2. The van der Waals surface area contributed by atoms with Crippen LogP contribution in [0.15, 0.2) is 77.9 Å². The molecule has 1 atom stereocenters. The fraction of sp³-hybridized carbons (Fsp3) is 0.160. The van der Waals surface area contributed by atoms with Gasteiger partial charge in [0.1, 0.15) is 12.2 Å². The number of hydrazone groups is 1. The van der Waals surface area contributed by atoms with Gasteiger partial charge in [0, 0.05) is 17.0 Å². The quantitative estimate of drug-likeness (QED) is 0.469. The molecular formula is C25H18ClF3N2O3. The maximum Gasteiger partial charge on any atom is 0.337 e. The van der Waals surface area contributed by atoms with Gasteiger partial charge in [0.05, 0.1) is 11.8 Å². The van der Waals surface area contributed by atoms with Gasteiger partial charge in [0.15, 0.2) is 0 Å². The Balaban J connectivity index is 1.78. The highest BCUT2D eigenvalue weighted by Crippen LogP contribution is 2.38. The van der Waals surface area contributed by atoms with Crippen LogP contribution in [0.25, 0.3) is 11.1 Å². The van der Waals surface area contributed by atoms with Gasteiger partial charge in [-0.3, -0.25) is 9.59 Å². The van der Waals surface area contributed by atoms with Crippen molar-refractivity contribution in [2.75, 3.05) is 0 Å². The van der Waals surface area contributed by atoms with Crippen molar-refractivity contribution in [2.24, 2.45) is 5.10 Å². The Morgan fingerprint density at radius 3 is 2.24 bits per heavy atom. The minimum atomic E-state index is -4.17. The molecule has 9 heteroatoms. The maximum absolute atomic E-state index is 14.5. The van der Waals surface area contributed by atoms with Gasteiger partial charge in [-0.05, 0) is 41.0 Å². The maximum atomic E-state index is 14.5. The third-order valence-electron chi connectivity index (χ3n) is 5.45. The minimum Gasteiger partial charge on any atom is -0.481 e. The van der Waals surface area contributed by atoms with Crippen molar-refractivity contribution < 1.29 is 27.9 Å². The number of amides is 1. The molecule has 0 aromatic heterocycles. The number of hydrogen-bond acceptors (Lipinski definition) is 3. The van der Waals surface area contributed by atoms with Crippen LogP contribution in [0.1, 0.15) is 30.0 Å². The van der Waals surface area contributed by atoms with E-state index in [1.54, 1.807) is 36.4 Å². The molecule has 1 aliphatic rings. The van der Waals surface area contributed by atoms with Gasteiger partial charge in [-0.1, -0.05) is 60.1 Å². The van der Waals surface area contributed by atoms with E-state index in [0.29, 0.717) is 26.9 Å². The van der Waals surface area contributed by atoms with Crippen molar-refractivity contribution >= 4 is 29.2 Å². The summed E-state index contributed by atoms with van der Waals surface area (Å²) in [5, 5.41) is 14.2. The van der Waals surface area contributed by atoms with Gasteiger partial charge >= 0.3 is 17.8 Å². The van der Waals surface area contributed by atoms with Crippen molar-refractivity contribution in [3.63, 3.8) is 0 Å². The Morgan fingerprint density at radius 1 is 1.00 bits per heavy atom. The van der Waals surface area contributed by atoms with E-state index >= 15 is 0 Å². The van der Waals surface area contributed by atoms with E-state index in [1.807, 2.05) is 12.1 Å². The Labute approximate surface area is 198 Å². The number of carbonyl (C=O) groups excluding carboxylic acids is 1. The van der Waals surface area contributed by atoms with Gasteiger partial charge in [0.25, 0.3) is 0 Å². The zero-order valence-electron chi connectivity index (χ0n) is 17.6. The number of halogens is 4. The first kappa shape index (κ1) is 23.5. The highest BCUT2D eigenvalue weighted by atomic mass is 35.5. The van der Waals surface area contributed by atoms with E-state index in [9.17, 15) is 22.8 Å². The molecule has 3 aromatic rings. The average Bonchev–Trinajstić information content (AvgIpc) is 3.24. The van der Waals surface area contributed by atoms with E-state index < -0.39 is 36.1 Å². The topological polar surface area (TPSA) is 70.0 Å². The van der Waals surface area contributed by atoms with Gasteiger partial charge < -0.3 is 5.11 Å². The van der Waals surface area contributed by atoms with Crippen molar-refractivity contribution in [1.82, 2.24) is 5.01 Å². The summed E-state index contributed by atoms with van der Waals surface area (Å²) < 4.78 is 42.4. The van der Waals surface area contributed by atoms with Crippen molar-refractivity contribution in [1.29, 1.82) is 0 Å². The Hall–Kier alpha value is -3.65. The molecule has 0 bridgehead atoms. The molecule has 174 valence electrons. The molecular weight excluding hydrogens is 469 g/mol. The van der Waals surface area contributed by atoms with Gasteiger partial charge in [-0.25, -0.2) is 9.40 Å². The Morgan fingerprint density at radius 2 is 1.62 bits per heavy atom. The second-order valence-electron chi connectivity index (χ2n) is 7.80. The largest absolute Gasteiger partial charge is 0.481 e. The lowest BCUT2D eigenvalue weighted by Gasteiger charge is -2.25. The summed E-state index contributed by atoms with van der Waals surface area (Å²) in [6, 6.07) is 18.3. The van der Waals surface area contributed by atoms with Crippen LogP contribution in [0, 0.1) is 5.82 Å². The van der Waals surface area contributed by atoms with Crippen LogP contribution in [0.3, 0.4) is 0 Å². The molecule has 34 heavy (non-hydrogen) atoms. The van der Waals surface area contributed by atoms with Crippen LogP contribution in [0.4, 0.5) is 13.2 Å². The molecule has 4 rings (SSSR count). The highest BCUT2D eigenvalue weighted by molar-refractivity contribution is 6.30. The normalized spacial score (nSPS) is 15.8. The molecule has 5 nitrogen and oxygen atoms in total. The van der Waals surface area contributed by atoms with Crippen LogP contribution in [0.5, 0.6) is 0 Å². The first-order valence-electron chi connectivity index (χ1n) is 10.3. The summed E-state index contributed by atoms with van der Waals surface area (Å²) in [4.78, 5) is 23.6. The second-order valence-corrected chi connectivity index (χ2v) is 8.23. The number of carboxylic acid groups (broad SMARTS) is 1. The Bertz CT molecular complexity index is 1260. The number of carbonyl (C=O) groups is 2. The molecule has 1 amide bonds. The lowest BCUT2D eigenvalue weighted by Crippen LogP contribution is -2.42. The summed E-state index contributed by atoms with van der Waals surface area (Å²) in [5.74, 6) is -8.24. The zero-order chi connectivity index (χ0) is 24.5. The lowest BCUT2D eigenvalue weighted by atomic mass is 9.92. The molecule has 1 N–H and O–H groups in total. The standard InChI is InChI=1S/C25H18ClF3N2O3/c26-17-9-5-15(6-10-17)19-3-1-2-4-20(19)21-13-22(16-7-11-18(27)12-8-16)31(30-21)24(34)25(28,29)14-23(32)33/h1-12,22H,13-14H2,(H,32,33). The summed E-state index contributed by atoms with van der Waals surface area (Å²) >= 11 is 5.99. The molecule has 0 radical (unpaired) electrons. The number of alkyl halides is 2. The predicted molar refractivity (Wildman–Crippen MR) is 121 cm³/mol. The highest BCUT2D eigenvalue weighted by Gasteiger charge is 2.48. The summed E-state index contributed by atoms with van der Waals surface area (Å²) in [5.41, 5.74) is 2.93. The van der Waals surface area contributed by atoms with E-state index in [2.05, 4.69) is 5.10 Å². The first-order valence-corrected chi connectivity index (χ1v) is 10.6. The molecule has 0 spiro atoms. The fourth-order valence-electron chi connectivity index (χ4n) is 3.85. The number of aliphatic carboxylic acids is 1. The molecule has 1 aliphatic heterocycles. The minimum absolute atomic E-state index is 0.0745. The third-order valence-corrected chi connectivity index (χ3v) is 5.70. The smallest absolute Gasteiger partial charge is 0.337 e. The van der Waals surface area contributed by atoms with Crippen LogP contribution >= 0.6 is 11.6 Å². The number of rotatable bonds is 6. The summed E-state index contributed by atoms with van der Waals surface area (Å²) in [6.45, 7) is 0. The predicted octanol–water partition coefficient (Wildman–Crippen LogP) is 5.93. The molecule has 0 saturated carbocycles.